The van der Waals surface area contributed by atoms with Crippen LogP contribution < -0.4 is 10.2 Å². The lowest BCUT2D eigenvalue weighted by molar-refractivity contribution is 0.830. The lowest BCUT2D eigenvalue weighted by Crippen LogP contribution is -2.21. The van der Waals surface area contributed by atoms with Crippen LogP contribution in [0.3, 0.4) is 0 Å². The average Bonchev–Trinajstić information content (AvgIpc) is 3.11. The minimum absolute atomic E-state index is 0.587. The Kier molecular flexibility index (Phi) is 3.74. The van der Waals surface area contributed by atoms with Crippen molar-refractivity contribution in [1.29, 1.82) is 0 Å². The molecule has 0 atom stereocenters. The molecule has 1 saturated heterocycles. The summed E-state index contributed by atoms with van der Waals surface area (Å²) in [7, 11) is 1.81. The first-order valence-corrected chi connectivity index (χ1v) is 7.57. The van der Waals surface area contributed by atoms with E-state index in [0.717, 1.165) is 23.4 Å². The molecule has 1 aliphatic heterocycles. The number of hydrogen-bond donors (Lipinski definition) is 1. The Morgan fingerprint density at radius 1 is 1.26 bits per heavy atom. The molecule has 0 spiro atoms. The van der Waals surface area contributed by atoms with E-state index < -0.39 is 0 Å². The predicted molar refractivity (Wildman–Crippen MR) is 74.9 cm³/mol. The van der Waals surface area contributed by atoms with Crippen LogP contribution in [-0.2, 0) is 0 Å². The molecule has 1 aliphatic rings. The summed E-state index contributed by atoms with van der Waals surface area (Å²) in [5.41, 5.74) is 0. The molecular weight excluding hydrogens is 282 g/mol. The molecule has 2 aromatic rings. The van der Waals surface area contributed by atoms with E-state index in [1.807, 2.05) is 7.05 Å². The van der Waals surface area contributed by atoms with Crippen LogP contribution in [0.15, 0.2) is 15.8 Å². The van der Waals surface area contributed by atoms with Gasteiger partial charge in [-0.15, -0.1) is 0 Å². The number of nitrogens with zero attached hydrogens (tertiary/aromatic N) is 6. The third-order valence-corrected chi connectivity index (χ3v) is 4.32. The van der Waals surface area contributed by atoms with Crippen molar-refractivity contribution in [2.45, 2.75) is 22.3 Å². The van der Waals surface area contributed by atoms with Gasteiger partial charge in [-0.3, -0.25) is 0 Å². The molecule has 3 heterocycles. The molecule has 0 aromatic carbocycles. The standard InChI is InChI=1S/C10H13N7S2/c1-11-7-14-8(17-4-2-3-5-17)16-9(15-7)18-10-12-6-13-19-10/h6H,2-5H2,1H3,(H,11,14,15,16). The summed E-state index contributed by atoms with van der Waals surface area (Å²) in [5.74, 6) is 1.33. The molecule has 9 heteroatoms. The van der Waals surface area contributed by atoms with E-state index >= 15 is 0 Å². The number of rotatable bonds is 4. The van der Waals surface area contributed by atoms with Crippen LogP contribution in [0.2, 0.25) is 0 Å². The number of anilines is 2. The van der Waals surface area contributed by atoms with Crippen molar-refractivity contribution < 1.29 is 0 Å². The molecule has 19 heavy (non-hydrogen) atoms. The maximum absolute atomic E-state index is 4.50. The molecule has 7 nitrogen and oxygen atoms in total. The fourth-order valence-corrected chi connectivity index (χ4v) is 3.14. The predicted octanol–water partition coefficient (Wildman–Crippen LogP) is 1.52. The highest BCUT2D eigenvalue weighted by atomic mass is 32.2. The van der Waals surface area contributed by atoms with E-state index in [1.165, 1.54) is 42.5 Å². The van der Waals surface area contributed by atoms with Crippen LogP contribution in [0, 0.1) is 0 Å². The highest BCUT2D eigenvalue weighted by Gasteiger charge is 2.17. The van der Waals surface area contributed by atoms with Gasteiger partial charge in [0.25, 0.3) is 0 Å². The monoisotopic (exact) mass is 295 g/mol. The molecule has 2 aromatic heterocycles. The van der Waals surface area contributed by atoms with Crippen molar-refractivity contribution in [3.63, 3.8) is 0 Å². The van der Waals surface area contributed by atoms with Gasteiger partial charge in [-0.1, -0.05) is 0 Å². The van der Waals surface area contributed by atoms with Crippen LogP contribution in [0.1, 0.15) is 12.8 Å². The summed E-state index contributed by atoms with van der Waals surface area (Å²) in [6.45, 7) is 2.02. The van der Waals surface area contributed by atoms with E-state index in [0.29, 0.717) is 11.1 Å². The second kappa shape index (κ2) is 5.66. The minimum Gasteiger partial charge on any atom is -0.357 e. The van der Waals surface area contributed by atoms with Gasteiger partial charge in [0.05, 0.1) is 0 Å². The second-order valence-corrected chi connectivity index (χ2v) is 5.99. The van der Waals surface area contributed by atoms with E-state index in [-0.39, 0.29) is 0 Å². The molecule has 0 aliphatic carbocycles. The molecule has 0 radical (unpaired) electrons. The molecule has 0 saturated carbocycles. The van der Waals surface area contributed by atoms with Crippen molar-refractivity contribution in [3.05, 3.63) is 6.33 Å². The van der Waals surface area contributed by atoms with Gasteiger partial charge < -0.3 is 10.2 Å². The smallest absolute Gasteiger partial charge is 0.231 e. The molecule has 100 valence electrons. The third kappa shape index (κ3) is 2.92. The fraction of sp³-hybridized carbons (Fsp3) is 0.500. The maximum Gasteiger partial charge on any atom is 0.231 e. The SMILES string of the molecule is CNc1nc(Sc2ncns2)nc(N2CCCC2)n1. The van der Waals surface area contributed by atoms with Crippen molar-refractivity contribution >= 4 is 35.2 Å². The fourth-order valence-electron chi connectivity index (χ4n) is 1.85. The van der Waals surface area contributed by atoms with Gasteiger partial charge in [0.1, 0.15) is 6.33 Å². The van der Waals surface area contributed by atoms with Crippen LogP contribution in [-0.4, -0.2) is 44.4 Å². The Balaban J connectivity index is 1.88. The number of nitrogens with one attached hydrogen (secondary N) is 1. The normalized spacial score (nSPS) is 14.9. The van der Waals surface area contributed by atoms with Crippen molar-refractivity contribution in [2.75, 3.05) is 30.4 Å². The van der Waals surface area contributed by atoms with E-state index in [1.54, 1.807) is 0 Å². The zero-order valence-corrected chi connectivity index (χ0v) is 12.0. The lowest BCUT2D eigenvalue weighted by atomic mass is 10.4. The first-order valence-electron chi connectivity index (χ1n) is 5.98. The minimum atomic E-state index is 0.587. The zero-order chi connectivity index (χ0) is 13.1. The Morgan fingerprint density at radius 2 is 2.11 bits per heavy atom. The molecule has 1 fully saturated rings. The number of aromatic nitrogens is 5. The van der Waals surface area contributed by atoms with Crippen LogP contribution in [0.4, 0.5) is 11.9 Å². The third-order valence-electron chi connectivity index (χ3n) is 2.74. The average molecular weight is 295 g/mol. The second-order valence-electron chi connectivity index (χ2n) is 3.99. The summed E-state index contributed by atoms with van der Waals surface area (Å²) in [4.78, 5) is 19.6. The van der Waals surface area contributed by atoms with Gasteiger partial charge in [-0.2, -0.15) is 19.3 Å². The maximum atomic E-state index is 4.50. The topological polar surface area (TPSA) is 79.7 Å². The Hall–Kier alpha value is -1.48. The Labute approximate surface area is 119 Å². The van der Waals surface area contributed by atoms with E-state index in [2.05, 4.69) is 34.5 Å². The lowest BCUT2D eigenvalue weighted by Gasteiger charge is -2.15. The van der Waals surface area contributed by atoms with Gasteiger partial charge >= 0.3 is 0 Å². The number of hydrogen-bond acceptors (Lipinski definition) is 9. The highest BCUT2D eigenvalue weighted by molar-refractivity contribution is 8.00. The molecule has 0 unspecified atom stereocenters. The first-order chi connectivity index (χ1) is 9.35. The Bertz CT molecular complexity index is 539. The van der Waals surface area contributed by atoms with Gasteiger partial charge in [0, 0.05) is 20.1 Å². The summed E-state index contributed by atoms with van der Waals surface area (Å²) in [6.07, 6.45) is 3.92. The van der Waals surface area contributed by atoms with Gasteiger partial charge in [-0.05, 0) is 36.1 Å². The van der Waals surface area contributed by atoms with Gasteiger partial charge in [0.15, 0.2) is 4.34 Å². The largest absolute Gasteiger partial charge is 0.357 e. The Morgan fingerprint density at radius 3 is 2.79 bits per heavy atom. The molecule has 1 N–H and O–H groups in total. The van der Waals surface area contributed by atoms with Gasteiger partial charge in [0.2, 0.25) is 17.1 Å². The van der Waals surface area contributed by atoms with E-state index in [9.17, 15) is 0 Å². The highest BCUT2D eigenvalue weighted by Crippen LogP contribution is 2.27. The summed E-state index contributed by atoms with van der Waals surface area (Å²) in [5, 5.41) is 3.63. The van der Waals surface area contributed by atoms with E-state index in [4.69, 9.17) is 0 Å². The molecule has 0 amide bonds. The zero-order valence-electron chi connectivity index (χ0n) is 10.4. The quantitative estimate of drug-likeness (QED) is 0.909. The van der Waals surface area contributed by atoms with Crippen LogP contribution in [0.25, 0.3) is 0 Å². The molecule has 3 rings (SSSR count). The molecule has 0 bridgehead atoms. The van der Waals surface area contributed by atoms with Gasteiger partial charge in [-0.25, -0.2) is 4.98 Å². The summed E-state index contributed by atoms with van der Waals surface area (Å²) in [6, 6.07) is 0. The van der Waals surface area contributed by atoms with Crippen LogP contribution in [0.5, 0.6) is 0 Å². The first kappa shape index (κ1) is 12.5. The summed E-state index contributed by atoms with van der Waals surface area (Å²) < 4.78 is 4.81. The van der Waals surface area contributed by atoms with Crippen LogP contribution >= 0.6 is 23.3 Å². The molecular formula is C10H13N7S2. The summed E-state index contributed by atoms with van der Waals surface area (Å²) >= 11 is 2.75. The van der Waals surface area contributed by atoms with Crippen molar-refractivity contribution in [2.24, 2.45) is 0 Å². The van der Waals surface area contributed by atoms with Crippen molar-refractivity contribution in [3.8, 4) is 0 Å². The van der Waals surface area contributed by atoms with Crippen molar-refractivity contribution in [1.82, 2.24) is 24.3 Å².